The van der Waals surface area contributed by atoms with Gasteiger partial charge in [0, 0.05) is 10.9 Å². The molecule has 2 aromatic rings. The lowest BCUT2D eigenvalue weighted by Crippen LogP contribution is -2.37. The van der Waals surface area contributed by atoms with Crippen LogP contribution in [-0.2, 0) is 4.79 Å². The van der Waals surface area contributed by atoms with E-state index in [-0.39, 0.29) is 12.0 Å². The van der Waals surface area contributed by atoms with Crippen LogP contribution in [-0.4, -0.2) is 17.1 Å². The number of carboxylic acid groups (broad SMARTS) is 1. The largest absolute Gasteiger partial charge is 0.481 e. The average Bonchev–Trinajstić information content (AvgIpc) is 3.14. The molecule has 1 aromatic carbocycles. The highest BCUT2D eigenvalue weighted by atomic mass is 32.1. The molecule has 3 nitrogen and oxygen atoms in total. The van der Waals surface area contributed by atoms with E-state index in [1.807, 2.05) is 0 Å². The summed E-state index contributed by atoms with van der Waals surface area (Å²) in [4.78, 5) is 12.5. The van der Waals surface area contributed by atoms with Crippen molar-refractivity contribution in [2.75, 3.05) is 0 Å². The Bertz CT molecular complexity index is 670. The zero-order chi connectivity index (χ0) is 17.8. The van der Waals surface area contributed by atoms with Gasteiger partial charge in [0.1, 0.15) is 0 Å². The molecule has 0 aliphatic heterocycles. The quantitative estimate of drug-likeness (QED) is 0.747. The Kier molecular flexibility index (Phi) is 5.92. The van der Waals surface area contributed by atoms with Crippen LogP contribution < -0.4 is 5.32 Å². The summed E-state index contributed by atoms with van der Waals surface area (Å²) in [5.74, 6) is -0.269. The van der Waals surface area contributed by atoms with Crippen LogP contribution in [0.3, 0.4) is 0 Å². The Morgan fingerprint density at radius 3 is 2.24 bits per heavy atom. The van der Waals surface area contributed by atoms with E-state index < -0.39 is 5.97 Å². The molecule has 1 atom stereocenters. The molecule has 0 spiro atoms. The monoisotopic (exact) mass is 357 g/mol. The first-order chi connectivity index (χ1) is 12.0. The summed E-state index contributed by atoms with van der Waals surface area (Å²) in [6.45, 7) is 4.43. The molecule has 25 heavy (non-hydrogen) atoms. The van der Waals surface area contributed by atoms with Crippen molar-refractivity contribution in [3.05, 3.63) is 57.8 Å². The maximum absolute atomic E-state index is 11.2. The molecule has 1 fully saturated rings. The van der Waals surface area contributed by atoms with Crippen molar-refractivity contribution < 1.29 is 9.90 Å². The fraction of sp³-hybridized carbons (Fsp3) is 0.476. The summed E-state index contributed by atoms with van der Waals surface area (Å²) in [5, 5.41) is 15.1. The zero-order valence-electron chi connectivity index (χ0n) is 14.9. The number of benzene rings is 1. The Morgan fingerprint density at radius 2 is 1.72 bits per heavy atom. The van der Waals surface area contributed by atoms with Crippen LogP contribution in [0.25, 0.3) is 0 Å². The molecule has 1 heterocycles. The van der Waals surface area contributed by atoms with E-state index >= 15 is 0 Å². The second-order valence-corrected chi connectivity index (χ2v) is 8.30. The van der Waals surface area contributed by atoms with E-state index in [0.29, 0.717) is 12.0 Å². The first-order valence-corrected chi connectivity index (χ1v) is 10.0. The van der Waals surface area contributed by atoms with Gasteiger partial charge in [-0.2, -0.15) is 0 Å². The molecule has 2 N–H and O–H groups in total. The van der Waals surface area contributed by atoms with Gasteiger partial charge in [-0.1, -0.05) is 44.2 Å². The van der Waals surface area contributed by atoms with Gasteiger partial charge in [-0.15, -0.1) is 11.3 Å². The Labute approximate surface area is 154 Å². The maximum Gasteiger partial charge on any atom is 0.306 e. The number of thiophene rings is 1. The molecular formula is C21H27NO2S. The molecule has 1 saturated carbocycles. The van der Waals surface area contributed by atoms with E-state index in [1.54, 1.807) is 11.3 Å². The first kappa shape index (κ1) is 18.2. The maximum atomic E-state index is 11.2. The van der Waals surface area contributed by atoms with Gasteiger partial charge >= 0.3 is 5.97 Å². The lowest BCUT2D eigenvalue weighted by molar-refractivity contribution is -0.142. The van der Waals surface area contributed by atoms with E-state index in [4.69, 9.17) is 0 Å². The van der Waals surface area contributed by atoms with Gasteiger partial charge in [0.05, 0.1) is 12.0 Å². The minimum atomic E-state index is -0.641. The lowest BCUT2D eigenvalue weighted by Gasteiger charge is -2.31. The third-order valence-electron chi connectivity index (χ3n) is 5.24. The van der Waals surface area contributed by atoms with Crippen LogP contribution in [0.4, 0.5) is 0 Å². The summed E-state index contributed by atoms with van der Waals surface area (Å²) in [6, 6.07) is 13.8. The Morgan fingerprint density at radius 1 is 1.08 bits per heavy atom. The first-order valence-electron chi connectivity index (χ1n) is 9.16. The van der Waals surface area contributed by atoms with E-state index in [1.165, 1.54) is 16.0 Å². The molecule has 1 unspecified atom stereocenters. The highest BCUT2D eigenvalue weighted by Gasteiger charge is 2.28. The highest BCUT2D eigenvalue weighted by Crippen LogP contribution is 2.31. The van der Waals surface area contributed by atoms with Crippen molar-refractivity contribution in [1.82, 2.24) is 5.32 Å². The number of rotatable bonds is 6. The number of carboxylic acids is 1. The van der Waals surface area contributed by atoms with Crippen LogP contribution >= 0.6 is 11.3 Å². The van der Waals surface area contributed by atoms with Gasteiger partial charge < -0.3 is 10.4 Å². The minimum absolute atomic E-state index is 0.163. The zero-order valence-corrected chi connectivity index (χ0v) is 15.8. The fourth-order valence-corrected chi connectivity index (χ4v) is 4.43. The lowest BCUT2D eigenvalue weighted by atomic mass is 9.85. The normalized spacial score (nSPS) is 22.0. The van der Waals surface area contributed by atoms with Gasteiger partial charge in [-0.3, -0.25) is 4.79 Å². The topological polar surface area (TPSA) is 49.3 Å². The molecule has 1 aliphatic rings. The van der Waals surface area contributed by atoms with Crippen LogP contribution in [0, 0.1) is 5.92 Å². The number of nitrogens with one attached hydrogen (secondary N) is 1. The second-order valence-electron chi connectivity index (χ2n) is 7.32. The molecule has 3 rings (SSSR count). The molecule has 0 radical (unpaired) electrons. The van der Waals surface area contributed by atoms with Crippen molar-refractivity contribution in [3.8, 4) is 0 Å². The second kappa shape index (κ2) is 8.15. The van der Waals surface area contributed by atoms with E-state index in [0.717, 1.165) is 25.7 Å². The smallest absolute Gasteiger partial charge is 0.306 e. The molecule has 134 valence electrons. The standard InChI is InChI=1S/C21H27NO2S/c1-14(2)15-5-7-16(8-6-15)20(19-4-3-13-25-19)22-18-11-9-17(10-12-18)21(23)24/h3-8,13-14,17-18,20,22H,9-12H2,1-2H3,(H,23,24). The van der Waals surface area contributed by atoms with Crippen molar-refractivity contribution in [3.63, 3.8) is 0 Å². The Balaban J connectivity index is 1.74. The number of carbonyl (C=O) groups is 1. The van der Waals surface area contributed by atoms with Crippen molar-refractivity contribution in [2.45, 2.75) is 57.5 Å². The summed E-state index contributed by atoms with van der Waals surface area (Å²) in [6.07, 6.45) is 3.42. The van der Waals surface area contributed by atoms with Gasteiger partial charge in [-0.25, -0.2) is 0 Å². The molecule has 0 saturated heterocycles. The van der Waals surface area contributed by atoms with Gasteiger partial charge in [0.2, 0.25) is 0 Å². The predicted molar refractivity (Wildman–Crippen MR) is 103 cm³/mol. The minimum Gasteiger partial charge on any atom is -0.481 e. The number of hydrogen-bond donors (Lipinski definition) is 2. The molecule has 4 heteroatoms. The van der Waals surface area contributed by atoms with Crippen molar-refractivity contribution in [2.24, 2.45) is 5.92 Å². The Hall–Kier alpha value is -1.65. The fourth-order valence-electron chi connectivity index (χ4n) is 3.61. The molecule has 1 aromatic heterocycles. The van der Waals surface area contributed by atoms with Crippen LogP contribution in [0.2, 0.25) is 0 Å². The van der Waals surface area contributed by atoms with Crippen LogP contribution in [0.5, 0.6) is 0 Å². The van der Waals surface area contributed by atoms with Crippen LogP contribution in [0.15, 0.2) is 41.8 Å². The molecule has 1 aliphatic carbocycles. The van der Waals surface area contributed by atoms with Crippen molar-refractivity contribution in [1.29, 1.82) is 0 Å². The number of aliphatic carboxylic acids is 1. The summed E-state index contributed by atoms with van der Waals surface area (Å²) >= 11 is 1.77. The molecular weight excluding hydrogens is 330 g/mol. The van der Waals surface area contributed by atoms with E-state index in [9.17, 15) is 9.90 Å². The van der Waals surface area contributed by atoms with Crippen molar-refractivity contribution >= 4 is 17.3 Å². The SMILES string of the molecule is CC(C)c1ccc(C(NC2CCC(C(=O)O)CC2)c2cccs2)cc1. The van der Waals surface area contributed by atoms with Gasteiger partial charge in [-0.05, 0) is 54.2 Å². The highest BCUT2D eigenvalue weighted by molar-refractivity contribution is 7.10. The molecule has 0 amide bonds. The summed E-state index contributed by atoms with van der Waals surface area (Å²) in [7, 11) is 0. The molecule has 0 bridgehead atoms. The van der Waals surface area contributed by atoms with Gasteiger partial charge in [0.25, 0.3) is 0 Å². The van der Waals surface area contributed by atoms with E-state index in [2.05, 4.69) is 60.9 Å². The summed E-state index contributed by atoms with van der Waals surface area (Å²) in [5.41, 5.74) is 2.64. The number of hydrogen-bond acceptors (Lipinski definition) is 3. The third-order valence-corrected chi connectivity index (χ3v) is 6.18. The summed E-state index contributed by atoms with van der Waals surface area (Å²) < 4.78 is 0. The van der Waals surface area contributed by atoms with Gasteiger partial charge in [0.15, 0.2) is 0 Å². The van der Waals surface area contributed by atoms with Crippen LogP contribution in [0.1, 0.15) is 67.5 Å². The predicted octanol–water partition coefficient (Wildman–Crippen LogP) is 5.19. The third kappa shape index (κ3) is 4.50. The average molecular weight is 358 g/mol.